The van der Waals surface area contributed by atoms with E-state index in [0.29, 0.717) is 6.54 Å². The minimum Gasteiger partial charge on any atom is -0.347 e. The molecule has 1 unspecified atom stereocenters. The average Bonchev–Trinajstić information content (AvgIpc) is 2.60. The van der Waals surface area contributed by atoms with Crippen molar-refractivity contribution in [1.29, 1.82) is 0 Å². The van der Waals surface area contributed by atoms with Crippen LogP contribution in [0, 0.1) is 6.92 Å². The van der Waals surface area contributed by atoms with E-state index in [4.69, 9.17) is 0 Å². The zero-order valence-electron chi connectivity index (χ0n) is 13.9. The van der Waals surface area contributed by atoms with E-state index in [0.717, 1.165) is 25.1 Å². The Morgan fingerprint density at radius 1 is 1.13 bits per heavy atom. The van der Waals surface area contributed by atoms with E-state index in [2.05, 4.69) is 60.8 Å². The van der Waals surface area contributed by atoms with E-state index in [1.165, 1.54) is 21.6 Å². The first-order chi connectivity index (χ1) is 11.1. The second-order valence-electron chi connectivity index (χ2n) is 6.53. The van der Waals surface area contributed by atoms with Gasteiger partial charge in [0.1, 0.15) is 6.54 Å². The number of aryl methyl sites for hydroxylation is 1. The average molecular weight is 309 g/mol. The van der Waals surface area contributed by atoms with Crippen molar-refractivity contribution in [2.24, 2.45) is 0 Å². The quantitative estimate of drug-likeness (QED) is 0.884. The Morgan fingerprint density at radius 3 is 2.57 bits per heavy atom. The summed E-state index contributed by atoms with van der Waals surface area (Å²) in [5.41, 5.74) is 5.20. The maximum atomic E-state index is 12.5. The highest BCUT2D eigenvalue weighted by molar-refractivity contribution is 5.79. The highest BCUT2D eigenvalue weighted by Gasteiger charge is 2.28. The van der Waals surface area contributed by atoms with Crippen LogP contribution < -0.4 is 10.2 Å². The lowest BCUT2D eigenvalue weighted by Crippen LogP contribution is -3.16. The van der Waals surface area contributed by atoms with Gasteiger partial charge in [-0.25, -0.2) is 0 Å². The molecule has 0 fully saturated rings. The van der Waals surface area contributed by atoms with Crippen LogP contribution in [0.5, 0.6) is 0 Å². The first-order valence-corrected chi connectivity index (χ1v) is 8.38. The number of nitrogens with one attached hydrogen (secondary N) is 2. The van der Waals surface area contributed by atoms with Gasteiger partial charge in [0.25, 0.3) is 5.91 Å². The molecular weight excluding hydrogens is 284 g/mol. The van der Waals surface area contributed by atoms with Crippen LogP contribution in [0.3, 0.4) is 0 Å². The molecule has 3 nitrogen and oxygen atoms in total. The second kappa shape index (κ2) is 6.97. The molecule has 0 aromatic heterocycles. The van der Waals surface area contributed by atoms with Gasteiger partial charge < -0.3 is 10.2 Å². The Morgan fingerprint density at radius 2 is 1.83 bits per heavy atom. The summed E-state index contributed by atoms with van der Waals surface area (Å²) in [5.74, 6) is 0.139. The molecule has 0 spiro atoms. The Bertz CT molecular complexity index is 678. The molecule has 3 rings (SSSR count). The summed E-state index contributed by atoms with van der Waals surface area (Å²) in [4.78, 5) is 13.8. The van der Waals surface area contributed by atoms with Crippen molar-refractivity contribution in [3.8, 4) is 0 Å². The van der Waals surface area contributed by atoms with Crippen molar-refractivity contribution in [2.45, 2.75) is 39.4 Å². The first kappa shape index (κ1) is 15.8. The summed E-state index contributed by atoms with van der Waals surface area (Å²) in [6.07, 6.45) is 1.06. The molecule has 2 atom stereocenters. The lowest BCUT2D eigenvalue weighted by molar-refractivity contribution is -0.929. The highest BCUT2D eigenvalue weighted by Crippen LogP contribution is 2.10. The van der Waals surface area contributed by atoms with Crippen LogP contribution in [0.1, 0.15) is 29.2 Å². The minimum absolute atomic E-state index is 0.0196. The SMILES string of the molecule is Cc1ccc(CNC(=O)[C@H](C)[NH+]2CCc3ccccc3C2)cc1. The largest absolute Gasteiger partial charge is 0.347 e. The predicted molar refractivity (Wildman–Crippen MR) is 92.2 cm³/mol. The zero-order chi connectivity index (χ0) is 16.2. The highest BCUT2D eigenvalue weighted by atomic mass is 16.2. The van der Waals surface area contributed by atoms with Crippen LogP contribution in [0.4, 0.5) is 0 Å². The maximum Gasteiger partial charge on any atom is 0.278 e. The fourth-order valence-corrected chi connectivity index (χ4v) is 3.21. The number of rotatable bonds is 4. The molecule has 2 aromatic rings. The van der Waals surface area contributed by atoms with E-state index in [-0.39, 0.29) is 11.9 Å². The Hall–Kier alpha value is -2.13. The van der Waals surface area contributed by atoms with Crippen LogP contribution in [0.2, 0.25) is 0 Å². The maximum absolute atomic E-state index is 12.5. The molecule has 0 radical (unpaired) electrons. The van der Waals surface area contributed by atoms with Crippen LogP contribution in [-0.2, 0) is 24.3 Å². The van der Waals surface area contributed by atoms with Crippen molar-refractivity contribution < 1.29 is 9.69 Å². The van der Waals surface area contributed by atoms with Crippen LogP contribution in [-0.4, -0.2) is 18.5 Å². The number of hydrogen-bond acceptors (Lipinski definition) is 1. The van der Waals surface area contributed by atoms with Crippen LogP contribution in [0.25, 0.3) is 0 Å². The fourth-order valence-electron chi connectivity index (χ4n) is 3.21. The molecule has 0 bridgehead atoms. The Labute approximate surface area is 138 Å². The fraction of sp³-hybridized carbons (Fsp3) is 0.350. The smallest absolute Gasteiger partial charge is 0.278 e. The van der Waals surface area contributed by atoms with Gasteiger partial charge >= 0.3 is 0 Å². The molecule has 0 saturated heterocycles. The van der Waals surface area contributed by atoms with Crippen molar-refractivity contribution in [2.75, 3.05) is 6.54 Å². The number of fused-ring (bicyclic) bond motifs is 1. The summed E-state index contributed by atoms with van der Waals surface area (Å²) in [5, 5.41) is 3.08. The molecule has 120 valence electrons. The molecule has 3 heteroatoms. The number of amides is 1. The number of carbonyl (C=O) groups is 1. The monoisotopic (exact) mass is 309 g/mol. The lowest BCUT2D eigenvalue weighted by atomic mass is 9.99. The van der Waals surface area contributed by atoms with E-state index in [1.54, 1.807) is 0 Å². The summed E-state index contributed by atoms with van der Waals surface area (Å²) in [7, 11) is 0. The van der Waals surface area contributed by atoms with E-state index >= 15 is 0 Å². The van der Waals surface area contributed by atoms with Crippen molar-refractivity contribution in [3.05, 3.63) is 70.8 Å². The van der Waals surface area contributed by atoms with Crippen molar-refractivity contribution in [1.82, 2.24) is 5.32 Å². The van der Waals surface area contributed by atoms with Gasteiger partial charge in [0.05, 0.1) is 6.54 Å². The summed E-state index contributed by atoms with van der Waals surface area (Å²) < 4.78 is 0. The molecule has 0 saturated carbocycles. The van der Waals surface area contributed by atoms with Gasteiger partial charge in [-0.1, -0.05) is 54.1 Å². The number of hydrogen-bond donors (Lipinski definition) is 2. The normalized spacial score (nSPS) is 18.1. The second-order valence-corrected chi connectivity index (χ2v) is 6.53. The van der Waals surface area contributed by atoms with Gasteiger partial charge in [0, 0.05) is 18.5 Å². The number of benzene rings is 2. The van der Waals surface area contributed by atoms with E-state index in [1.807, 2.05) is 6.92 Å². The van der Waals surface area contributed by atoms with Gasteiger partial charge in [-0.05, 0) is 25.0 Å². The molecular formula is C20H25N2O+. The van der Waals surface area contributed by atoms with Gasteiger partial charge in [0.15, 0.2) is 6.04 Å². The zero-order valence-corrected chi connectivity index (χ0v) is 13.9. The lowest BCUT2D eigenvalue weighted by Gasteiger charge is -2.30. The van der Waals surface area contributed by atoms with Crippen molar-refractivity contribution in [3.63, 3.8) is 0 Å². The molecule has 2 N–H and O–H groups in total. The van der Waals surface area contributed by atoms with Gasteiger partial charge in [-0.15, -0.1) is 0 Å². The molecule has 1 aliphatic heterocycles. The third-order valence-electron chi connectivity index (χ3n) is 4.84. The third kappa shape index (κ3) is 3.80. The van der Waals surface area contributed by atoms with E-state index < -0.39 is 0 Å². The van der Waals surface area contributed by atoms with Gasteiger partial charge in [-0.2, -0.15) is 0 Å². The number of quaternary nitrogens is 1. The molecule has 23 heavy (non-hydrogen) atoms. The molecule has 0 aliphatic carbocycles. The van der Waals surface area contributed by atoms with Crippen LogP contribution >= 0.6 is 0 Å². The van der Waals surface area contributed by atoms with Gasteiger partial charge in [-0.3, -0.25) is 4.79 Å². The first-order valence-electron chi connectivity index (χ1n) is 8.38. The third-order valence-corrected chi connectivity index (χ3v) is 4.84. The van der Waals surface area contributed by atoms with Crippen molar-refractivity contribution >= 4 is 5.91 Å². The van der Waals surface area contributed by atoms with Gasteiger partial charge in [0.2, 0.25) is 0 Å². The topological polar surface area (TPSA) is 33.5 Å². The standard InChI is InChI=1S/C20H24N2O/c1-15-7-9-17(10-8-15)13-21-20(23)16(2)22-12-11-18-5-3-4-6-19(18)14-22/h3-10,16H,11-14H2,1-2H3,(H,21,23)/p+1/t16-/m0/s1. The predicted octanol–water partition coefficient (Wildman–Crippen LogP) is 1.64. The summed E-state index contributed by atoms with van der Waals surface area (Å²) >= 11 is 0. The molecule has 1 heterocycles. The molecule has 1 amide bonds. The summed E-state index contributed by atoms with van der Waals surface area (Å²) in [6, 6.07) is 16.9. The molecule has 2 aromatic carbocycles. The Balaban J connectivity index is 1.56. The summed E-state index contributed by atoms with van der Waals surface area (Å²) in [6.45, 7) is 6.68. The molecule has 1 aliphatic rings. The van der Waals surface area contributed by atoms with Crippen LogP contribution in [0.15, 0.2) is 48.5 Å². The Kier molecular flexibility index (Phi) is 4.77. The number of carbonyl (C=O) groups excluding carboxylic acids is 1. The van der Waals surface area contributed by atoms with E-state index in [9.17, 15) is 4.79 Å². The minimum atomic E-state index is -0.0196.